The molecule has 0 atom stereocenters. The first-order chi connectivity index (χ1) is 9.47. The molecule has 20 heavy (non-hydrogen) atoms. The topological polar surface area (TPSA) is 20.3 Å². The SMILES string of the molecule is CN(Cc1cccc(Br)c1)C(=O)c1ccc(I)c(Cl)c1. The Morgan fingerprint density at radius 2 is 2.05 bits per heavy atom. The molecule has 0 aliphatic carbocycles. The Hall–Kier alpha value is -0.590. The van der Waals surface area contributed by atoms with Crippen LogP contribution in [0.3, 0.4) is 0 Å². The molecule has 2 nitrogen and oxygen atoms in total. The number of carbonyl (C=O) groups is 1. The number of nitrogens with zero attached hydrogens (tertiary/aromatic N) is 1. The summed E-state index contributed by atoms with van der Waals surface area (Å²) in [4.78, 5) is 14.0. The quantitative estimate of drug-likeness (QED) is 0.587. The first-order valence-corrected chi connectivity index (χ1v) is 8.17. The maximum absolute atomic E-state index is 12.4. The Morgan fingerprint density at radius 3 is 2.70 bits per heavy atom. The van der Waals surface area contributed by atoms with Gasteiger partial charge in [0, 0.05) is 27.2 Å². The van der Waals surface area contributed by atoms with Crippen LogP contribution in [-0.4, -0.2) is 17.9 Å². The molecule has 0 saturated carbocycles. The van der Waals surface area contributed by atoms with E-state index in [1.165, 1.54) is 0 Å². The van der Waals surface area contributed by atoms with E-state index in [2.05, 4.69) is 38.5 Å². The highest BCUT2D eigenvalue weighted by Gasteiger charge is 2.13. The molecular weight excluding hydrogens is 452 g/mol. The van der Waals surface area contributed by atoms with Crippen LogP contribution in [0, 0.1) is 3.57 Å². The fraction of sp³-hybridized carbons (Fsp3) is 0.133. The second-order valence-electron chi connectivity index (χ2n) is 4.42. The van der Waals surface area contributed by atoms with Gasteiger partial charge in [0.2, 0.25) is 0 Å². The average Bonchev–Trinajstić information content (AvgIpc) is 2.41. The molecule has 0 aliphatic heterocycles. The smallest absolute Gasteiger partial charge is 0.253 e. The summed E-state index contributed by atoms with van der Waals surface area (Å²) in [6.07, 6.45) is 0. The molecule has 0 aromatic heterocycles. The summed E-state index contributed by atoms with van der Waals surface area (Å²) in [6, 6.07) is 13.3. The van der Waals surface area contributed by atoms with Gasteiger partial charge in [-0.1, -0.05) is 39.7 Å². The van der Waals surface area contributed by atoms with Crippen molar-refractivity contribution in [2.45, 2.75) is 6.54 Å². The van der Waals surface area contributed by atoms with Crippen LogP contribution in [0.15, 0.2) is 46.9 Å². The fourth-order valence-electron chi connectivity index (χ4n) is 1.83. The molecule has 0 saturated heterocycles. The summed E-state index contributed by atoms with van der Waals surface area (Å²) >= 11 is 11.6. The first-order valence-electron chi connectivity index (χ1n) is 5.92. The lowest BCUT2D eigenvalue weighted by Gasteiger charge is -2.18. The molecule has 0 N–H and O–H groups in total. The summed E-state index contributed by atoms with van der Waals surface area (Å²) < 4.78 is 1.95. The highest BCUT2D eigenvalue weighted by molar-refractivity contribution is 14.1. The minimum absolute atomic E-state index is 0.0386. The molecule has 0 fully saturated rings. The zero-order chi connectivity index (χ0) is 14.7. The van der Waals surface area contributed by atoms with Crippen molar-refractivity contribution in [3.63, 3.8) is 0 Å². The van der Waals surface area contributed by atoms with E-state index < -0.39 is 0 Å². The van der Waals surface area contributed by atoms with Crippen molar-refractivity contribution >= 4 is 56.0 Å². The lowest BCUT2D eigenvalue weighted by Crippen LogP contribution is -2.26. The molecule has 0 heterocycles. The monoisotopic (exact) mass is 463 g/mol. The van der Waals surface area contributed by atoms with Crippen LogP contribution < -0.4 is 0 Å². The number of halogens is 3. The molecule has 0 radical (unpaired) electrons. The summed E-state index contributed by atoms with van der Waals surface area (Å²) in [5.74, 6) is -0.0386. The van der Waals surface area contributed by atoms with Crippen LogP contribution in [0.2, 0.25) is 5.02 Å². The van der Waals surface area contributed by atoms with Crippen molar-refractivity contribution in [1.29, 1.82) is 0 Å². The highest BCUT2D eigenvalue weighted by Crippen LogP contribution is 2.21. The van der Waals surface area contributed by atoms with Crippen molar-refractivity contribution in [3.8, 4) is 0 Å². The average molecular weight is 465 g/mol. The molecule has 1 amide bonds. The highest BCUT2D eigenvalue weighted by atomic mass is 127. The van der Waals surface area contributed by atoms with Gasteiger partial charge >= 0.3 is 0 Å². The maximum Gasteiger partial charge on any atom is 0.253 e. The van der Waals surface area contributed by atoms with Gasteiger partial charge in [0.25, 0.3) is 5.91 Å². The van der Waals surface area contributed by atoms with Crippen LogP contribution in [0.4, 0.5) is 0 Å². The van der Waals surface area contributed by atoms with Crippen LogP contribution >= 0.6 is 50.1 Å². The Morgan fingerprint density at radius 1 is 1.30 bits per heavy atom. The normalized spacial score (nSPS) is 10.4. The number of hydrogen-bond acceptors (Lipinski definition) is 1. The zero-order valence-electron chi connectivity index (χ0n) is 10.7. The fourth-order valence-corrected chi connectivity index (χ4v) is 2.79. The molecule has 2 rings (SSSR count). The second kappa shape index (κ2) is 6.91. The number of rotatable bonds is 3. The first kappa shape index (κ1) is 15.8. The summed E-state index contributed by atoms with van der Waals surface area (Å²) in [7, 11) is 1.79. The Bertz CT molecular complexity index is 648. The van der Waals surface area contributed by atoms with E-state index in [4.69, 9.17) is 11.6 Å². The van der Waals surface area contributed by atoms with Gasteiger partial charge in [-0.25, -0.2) is 0 Å². The van der Waals surface area contributed by atoms with Crippen LogP contribution in [0.5, 0.6) is 0 Å². The van der Waals surface area contributed by atoms with Gasteiger partial charge in [-0.2, -0.15) is 0 Å². The van der Waals surface area contributed by atoms with Gasteiger partial charge in [0.1, 0.15) is 0 Å². The van der Waals surface area contributed by atoms with E-state index in [0.29, 0.717) is 17.1 Å². The Kier molecular flexibility index (Phi) is 5.46. The number of amides is 1. The largest absolute Gasteiger partial charge is 0.337 e. The number of hydrogen-bond donors (Lipinski definition) is 0. The van der Waals surface area contributed by atoms with Crippen LogP contribution in [0.1, 0.15) is 15.9 Å². The molecule has 2 aromatic carbocycles. The van der Waals surface area contributed by atoms with E-state index >= 15 is 0 Å². The van der Waals surface area contributed by atoms with Gasteiger partial charge in [-0.15, -0.1) is 0 Å². The predicted octanol–water partition coefficient (Wildman–Crippen LogP) is 4.98. The molecule has 0 aliphatic rings. The molecule has 2 aromatic rings. The molecule has 5 heteroatoms. The maximum atomic E-state index is 12.4. The van der Waals surface area contributed by atoms with Gasteiger partial charge in [-0.05, 0) is 58.5 Å². The lowest BCUT2D eigenvalue weighted by molar-refractivity contribution is 0.0785. The Balaban J connectivity index is 2.14. The van der Waals surface area contributed by atoms with Crippen molar-refractivity contribution in [3.05, 3.63) is 66.7 Å². The van der Waals surface area contributed by atoms with Crippen LogP contribution in [-0.2, 0) is 6.54 Å². The van der Waals surface area contributed by atoms with Crippen molar-refractivity contribution in [2.75, 3.05) is 7.05 Å². The molecule has 104 valence electrons. The van der Waals surface area contributed by atoms with Crippen LogP contribution in [0.25, 0.3) is 0 Å². The second-order valence-corrected chi connectivity index (χ2v) is 6.91. The molecule has 0 spiro atoms. The van der Waals surface area contributed by atoms with Crippen molar-refractivity contribution < 1.29 is 4.79 Å². The third kappa shape index (κ3) is 3.96. The third-order valence-corrected chi connectivity index (χ3v) is 4.89. The van der Waals surface area contributed by atoms with E-state index in [0.717, 1.165) is 13.6 Å². The van der Waals surface area contributed by atoms with Gasteiger partial charge in [-0.3, -0.25) is 4.79 Å². The molecule has 0 unspecified atom stereocenters. The molecule has 0 bridgehead atoms. The minimum atomic E-state index is -0.0386. The minimum Gasteiger partial charge on any atom is -0.337 e. The van der Waals surface area contributed by atoms with Gasteiger partial charge in [0.15, 0.2) is 0 Å². The van der Waals surface area contributed by atoms with Crippen molar-refractivity contribution in [1.82, 2.24) is 4.90 Å². The van der Waals surface area contributed by atoms with Crippen molar-refractivity contribution in [2.24, 2.45) is 0 Å². The van der Waals surface area contributed by atoms with Gasteiger partial charge in [0.05, 0.1) is 5.02 Å². The van der Waals surface area contributed by atoms with E-state index in [9.17, 15) is 4.79 Å². The third-order valence-electron chi connectivity index (χ3n) is 2.82. The Labute approximate surface area is 145 Å². The lowest BCUT2D eigenvalue weighted by atomic mass is 10.1. The number of carbonyl (C=O) groups excluding carboxylic acids is 1. The van der Waals surface area contributed by atoms with E-state index in [1.54, 1.807) is 24.1 Å². The number of benzene rings is 2. The zero-order valence-corrected chi connectivity index (χ0v) is 15.2. The van der Waals surface area contributed by atoms with E-state index in [1.807, 2.05) is 30.3 Å². The summed E-state index contributed by atoms with van der Waals surface area (Å²) in [5, 5.41) is 0.604. The standard InChI is InChI=1S/C15H12BrClINO/c1-19(9-10-3-2-4-12(16)7-10)15(20)11-5-6-14(18)13(17)8-11/h2-8H,9H2,1H3. The predicted molar refractivity (Wildman–Crippen MR) is 94.1 cm³/mol. The van der Waals surface area contributed by atoms with Gasteiger partial charge < -0.3 is 4.90 Å². The summed E-state index contributed by atoms with van der Waals surface area (Å²) in [6.45, 7) is 0.557. The molecular formula is C15H12BrClINO. The summed E-state index contributed by atoms with van der Waals surface area (Å²) in [5.41, 5.74) is 1.68. The van der Waals surface area contributed by atoms with E-state index in [-0.39, 0.29) is 5.91 Å².